The molecule has 0 saturated carbocycles. The molecule has 2 N–H and O–H groups in total. The quantitative estimate of drug-likeness (QED) is 0.575. The van der Waals surface area contributed by atoms with Gasteiger partial charge in [0.1, 0.15) is 0 Å². The highest BCUT2D eigenvalue weighted by Crippen LogP contribution is 2.41. The molecule has 0 aromatic heterocycles. The summed E-state index contributed by atoms with van der Waals surface area (Å²) in [7, 11) is 0. The van der Waals surface area contributed by atoms with Crippen LogP contribution in [-0.4, -0.2) is 16.4 Å². The van der Waals surface area contributed by atoms with Crippen LogP contribution in [0.4, 0.5) is 4.79 Å². The van der Waals surface area contributed by atoms with Crippen molar-refractivity contribution in [3.8, 4) is 11.5 Å². The maximum absolute atomic E-state index is 10.9. The molecule has 0 spiro atoms. The van der Waals surface area contributed by atoms with E-state index in [9.17, 15) is 9.90 Å². The number of rotatable bonds is 7. The summed E-state index contributed by atoms with van der Waals surface area (Å²) in [5, 5.41) is 19.5. The number of benzene rings is 1. The zero-order valence-electron chi connectivity index (χ0n) is 13.5. The van der Waals surface area contributed by atoms with Crippen LogP contribution in [0.25, 0.3) is 0 Å². The predicted octanol–water partition coefficient (Wildman–Crippen LogP) is 4.48. The Bertz CT molecular complexity index is 506. The van der Waals surface area contributed by atoms with E-state index in [1.165, 1.54) is 5.56 Å². The van der Waals surface area contributed by atoms with Gasteiger partial charge in [0.2, 0.25) is 0 Å². The van der Waals surface area contributed by atoms with Crippen molar-refractivity contribution in [1.82, 2.24) is 0 Å². The van der Waals surface area contributed by atoms with E-state index in [1.54, 1.807) is 0 Å². The largest absolute Gasteiger partial charge is 0.511 e. The van der Waals surface area contributed by atoms with Crippen LogP contribution in [-0.2, 0) is 25.7 Å². The molecule has 4 nitrogen and oxygen atoms in total. The van der Waals surface area contributed by atoms with Crippen LogP contribution in [0, 0.1) is 0 Å². The monoisotopic (exact) mass is 294 g/mol. The summed E-state index contributed by atoms with van der Waals surface area (Å²) in [4.78, 5) is 10.9. The van der Waals surface area contributed by atoms with Gasteiger partial charge in [-0.15, -0.1) is 0 Å². The number of phenols is 1. The summed E-state index contributed by atoms with van der Waals surface area (Å²) in [6.07, 6.45) is 3.58. The van der Waals surface area contributed by atoms with Crippen LogP contribution >= 0.6 is 0 Å². The molecule has 0 unspecified atom stereocenters. The molecular weight excluding hydrogens is 268 g/mol. The Kier molecular flexibility index (Phi) is 6.53. The first kappa shape index (κ1) is 17.3. The minimum Gasteiger partial charge on any atom is -0.504 e. The van der Waals surface area contributed by atoms with E-state index < -0.39 is 6.16 Å². The lowest BCUT2D eigenvalue weighted by Gasteiger charge is -2.22. The van der Waals surface area contributed by atoms with Gasteiger partial charge in [-0.3, -0.25) is 0 Å². The van der Waals surface area contributed by atoms with Crippen molar-refractivity contribution >= 4 is 6.16 Å². The summed E-state index contributed by atoms with van der Waals surface area (Å²) < 4.78 is 4.90. The van der Waals surface area contributed by atoms with Crippen molar-refractivity contribution < 1.29 is 19.7 Å². The summed E-state index contributed by atoms with van der Waals surface area (Å²) in [6.45, 7) is 8.18. The van der Waals surface area contributed by atoms with Gasteiger partial charge < -0.3 is 14.9 Å². The Hall–Kier alpha value is -1.71. The molecule has 0 aliphatic heterocycles. The molecule has 0 heterocycles. The molecule has 4 heteroatoms. The first-order valence-electron chi connectivity index (χ1n) is 7.80. The number of hydrogen-bond acceptors (Lipinski definition) is 3. The highest BCUT2D eigenvalue weighted by Gasteiger charge is 2.23. The maximum atomic E-state index is 10.9. The number of aromatic hydroxyl groups is 1. The lowest BCUT2D eigenvalue weighted by molar-refractivity contribution is 0.142. The predicted molar refractivity (Wildman–Crippen MR) is 83.5 cm³/mol. The first-order chi connectivity index (χ1) is 10.0. The summed E-state index contributed by atoms with van der Waals surface area (Å²) in [5.41, 5.74) is 3.98. The Morgan fingerprint density at radius 1 is 0.905 bits per heavy atom. The normalized spacial score (nSPS) is 10.7. The van der Waals surface area contributed by atoms with Gasteiger partial charge in [-0.2, -0.15) is 0 Å². The maximum Gasteiger partial charge on any atom is 0.511 e. The fourth-order valence-corrected chi connectivity index (χ4v) is 2.99. The van der Waals surface area contributed by atoms with Crippen LogP contribution in [0.1, 0.15) is 62.8 Å². The molecule has 0 amide bonds. The molecule has 0 aliphatic carbocycles. The lowest BCUT2D eigenvalue weighted by atomic mass is 9.87. The third-order valence-corrected chi connectivity index (χ3v) is 3.76. The van der Waals surface area contributed by atoms with Gasteiger partial charge in [-0.25, -0.2) is 4.79 Å². The third-order valence-electron chi connectivity index (χ3n) is 3.76. The standard InChI is InChI=1S/C17H26O4/c1-5-9-13-11(7-3)12(8-4)16(21-17(19)20)15(18)14(13)10-6-2/h18H,5-10H2,1-4H3,(H,19,20). The topological polar surface area (TPSA) is 66.8 Å². The number of phenolic OH excluding ortho intramolecular Hbond substituents is 1. The Morgan fingerprint density at radius 2 is 1.43 bits per heavy atom. The van der Waals surface area contributed by atoms with Gasteiger partial charge in [-0.1, -0.05) is 40.5 Å². The SMILES string of the molecule is CCCc1c(O)c(OC(=O)O)c(CC)c(CC)c1CCC. The van der Waals surface area contributed by atoms with Crippen LogP contribution in [0.3, 0.4) is 0 Å². The fourth-order valence-electron chi connectivity index (χ4n) is 2.99. The van der Waals surface area contributed by atoms with E-state index in [0.717, 1.165) is 48.8 Å². The van der Waals surface area contributed by atoms with Gasteiger partial charge in [0.15, 0.2) is 11.5 Å². The van der Waals surface area contributed by atoms with E-state index in [1.807, 2.05) is 13.8 Å². The third kappa shape index (κ3) is 3.69. The van der Waals surface area contributed by atoms with Gasteiger partial charge in [-0.05, 0) is 36.8 Å². The Labute approximate surface area is 126 Å². The molecule has 0 fully saturated rings. The molecule has 118 valence electrons. The van der Waals surface area contributed by atoms with Crippen molar-refractivity contribution in [2.24, 2.45) is 0 Å². The second kappa shape index (κ2) is 7.91. The molecule has 1 aromatic rings. The Morgan fingerprint density at radius 3 is 1.86 bits per heavy atom. The average molecular weight is 294 g/mol. The lowest BCUT2D eigenvalue weighted by Crippen LogP contribution is -2.11. The van der Waals surface area contributed by atoms with Gasteiger partial charge in [0.25, 0.3) is 0 Å². The van der Waals surface area contributed by atoms with Crippen molar-refractivity contribution in [1.29, 1.82) is 0 Å². The second-order valence-corrected chi connectivity index (χ2v) is 5.17. The summed E-state index contributed by atoms with van der Waals surface area (Å²) >= 11 is 0. The molecule has 0 bridgehead atoms. The number of carboxylic acid groups (broad SMARTS) is 1. The van der Waals surface area contributed by atoms with Gasteiger partial charge in [0.05, 0.1) is 0 Å². The molecular formula is C17H26O4. The molecule has 0 saturated heterocycles. The van der Waals surface area contributed by atoms with Crippen LogP contribution in [0.5, 0.6) is 11.5 Å². The van der Waals surface area contributed by atoms with Crippen molar-refractivity contribution in [3.05, 3.63) is 22.3 Å². The second-order valence-electron chi connectivity index (χ2n) is 5.17. The first-order valence-corrected chi connectivity index (χ1v) is 7.80. The molecule has 0 aliphatic rings. The smallest absolute Gasteiger partial charge is 0.504 e. The number of hydrogen-bond donors (Lipinski definition) is 2. The van der Waals surface area contributed by atoms with Crippen molar-refractivity contribution in [2.45, 2.75) is 66.2 Å². The van der Waals surface area contributed by atoms with Gasteiger partial charge >= 0.3 is 6.16 Å². The summed E-state index contributed by atoms with van der Waals surface area (Å²) in [6, 6.07) is 0. The van der Waals surface area contributed by atoms with E-state index in [2.05, 4.69) is 13.8 Å². The molecule has 21 heavy (non-hydrogen) atoms. The highest BCUT2D eigenvalue weighted by molar-refractivity contribution is 5.68. The van der Waals surface area contributed by atoms with Crippen molar-refractivity contribution in [3.63, 3.8) is 0 Å². The van der Waals surface area contributed by atoms with E-state index >= 15 is 0 Å². The van der Waals surface area contributed by atoms with E-state index in [-0.39, 0.29) is 11.5 Å². The molecule has 0 atom stereocenters. The van der Waals surface area contributed by atoms with Gasteiger partial charge in [0, 0.05) is 11.1 Å². The minimum absolute atomic E-state index is 0.0109. The molecule has 1 aromatic carbocycles. The Balaban J connectivity index is 3.64. The van der Waals surface area contributed by atoms with Crippen LogP contribution in [0.2, 0.25) is 0 Å². The van der Waals surface area contributed by atoms with Crippen LogP contribution in [0.15, 0.2) is 0 Å². The van der Waals surface area contributed by atoms with E-state index in [0.29, 0.717) is 6.42 Å². The summed E-state index contributed by atoms with van der Waals surface area (Å²) in [5.74, 6) is 0.141. The molecule has 0 radical (unpaired) electrons. The van der Waals surface area contributed by atoms with E-state index in [4.69, 9.17) is 9.84 Å². The number of carbonyl (C=O) groups is 1. The average Bonchev–Trinajstić information content (AvgIpc) is 2.45. The van der Waals surface area contributed by atoms with Crippen molar-refractivity contribution in [2.75, 3.05) is 0 Å². The highest BCUT2D eigenvalue weighted by atomic mass is 16.7. The minimum atomic E-state index is -1.38. The fraction of sp³-hybridized carbons (Fsp3) is 0.588. The zero-order chi connectivity index (χ0) is 16.0. The molecule has 1 rings (SSSR count). The number of ether oxygens (including phenoxy) is 1. The van der Waals surface area contributed by atoms with Crippen LogP contribution < -0.4 is 4.74 Å². The zero-order valence-corrected chi connectivity index (χ0v) is 13.5.